The lowest BCUT2D eigenvalue weighted by atomic mass is 10.0. The van der Waals surface area contributed by atoms with E-state index in [0.717, 1.165) is 37.3 Å². The normalized spacial score (nSPS) is 15.1. The van der Waals surface area contributed by atoms with Gasteiger partial charge in [-0.05, 0) is 60.9 Å². The van der Waals surface area contributed by atoms with Gasteiger partial charge in [-0.15, -0.1) is 22.6 Å². The van der Waals surface area contributed by atoms with Crippen LogP contribution < -0.4 is 4.90 Å². The van der Waals surface area contributed by atoms with Gasteiger partial charge >= 0.3 is 0 Å². The molecule has 3 aromatic carbocycles. The smallest absolute Gasteiger partial charge is 0.247 e. The lowest BCUT2D eigenvalue weighted by molar-refractivity contribution is 0.188. The van der Waals surface area contributed by atoms with Gasteiger partial charge in [-0.2, -0.15) is 0 Å². The van der Waals surface area contributed by atoms with Gasteiger partial charge in [0.2, 0.25) is 11.8 Å². The van der Waals surface area contributed by atoms with Crippen molar-refractivity contribution in [2.45, 2.75) is 19.9 Å². The third-order valence-corrected chi connectivity index (χ3v) is 6.48. The highest BCUT2D eigenvalue weighted by molar-refractivity contribution is 5.85. The molecule has 1 atom stereocenters. The topological polar surface area (TPSA) is 45.4 Å². The van der Waals surface area contributed by atoms with E-state index >= 15 is 0 Å². The van der Waals surface area contributed by atoms with Crippen LogP contribution in [0, 0.1) is 19.7 Å². The van der Waals surface area contributed by atoms with Crippen LogP contribution in [0.15, 0.2) is 77.2 Å². The Morgan fingerprint density at radius 3 is 2.24 bits per heavy atom. The molecule has 0 saturated carbocycles. The van der Waals surface area contributed by atoms with E-state index in [4.69, 9.17) is 4.42 Å². The van der Waals surface area contributed by atoms with Crippen LogP contribution in [0.5, 0.6) is 0 Å². The van der Waals surface area contributed by atoms with Crippen molar-refractivity contribution in [2.75, 3.05) is 31.1 Å². The van der Waals surface area contributed by atoms with Gasteiger partial charge in [0.25, 0.3) is 0 Å². The van der Waals surface area contributed by atoms with Crippen molar-refractivity contribution in [1.82, 2.24) is 15.1 Å². The summed E-state index contributed by atoms with van der Waals surface area (Å²) in [6.45, 7) is 7.78. The molecule has 1 unspecified atom stereocenters. The van der Waals surface area contributed by atoms with Crippen LogP contribution in [0.2, 0.25) is 0 Å². The third-order valence-electron chi connectivity index (χ3n) is 6.48. The van der Waals surface area contributed by atoms with Crippen LogP contribution >= 0.6 is 12.4 Å². The molecule has 34 heavy (non-hydrogen) atoms. The fourth-order valence-corrected chi connectivity index (χ4v) is 4.50. The predicted molar refractivity (Wildman–Crippen MR) is 135 cm³/mol. The zero-order valence-corrected chi connectivity index (χ0v) is 20.1. The predicted octanol–water partition coefficient (Wildman–Crippen LogP) is 5.83. The Hall–Kier alpha value is -3.22. The van der Waals surface area contributed by atoms with E-state index in [-0.39, 0.29) is 24.3 Å². The molecule has 0 N–H and O–H groups in total. The van der Waals surface area contributed by atoms with Gasteiger partial charge in [0.1, 0.15) is 11.9 Å². The second kappa shape index (κ2) is 10.4. The number of benzene rings is 3. The zero-order chi connectivity index (χ0) is 22.8. The van der Waals surface area contributed by atoms with Gasteiger partial charge < -0.3 is 9.32 Å². The van der Waals surface area contributed by atoms with Crippen molar-refractivity contribution in [3.63, 3.8) is 0 Å². The van der Waals surface area contributed by atoms with Crippen molar-refractivity contribution in [2.24, 2.45) is 0 Å². The molecule has 1 saturated heterocycles. The molecule has 7 heteroatoms. The number of anilines is 1. The maximum absolute atomic E-state index is 13.7. The van der Waals surface area contributed by atoms with Crippen molar-refractivity contribution in [1.29, 1.82) is 0 Å². The molecule has 0 amide bonds. The Balaban J connectivity index is 0.00000274. The second-order valence-electron chi connectivity index (χ2n) is 8.51. The maximum atomic E-state index is 13.7. The van der Waals surface area contributed by atoms with Crippen molar-refractivity contribution in [3.05, 3.63) is 101 Å². The molecule has 5 nitrogen and oxygen atoms in total. The minimum Gasteiger partial charge on any atom is -0.419 e. The second-order valence-corrected chi connectivity index (χ2v) is 8.51. The number of hydrogen-bond donors (Lipinski definition) is 0. The molecule has 0 aliphatic carbocycles. The number of aromatic nitrogens is 2. The van der Waals surface area contributed by atoms with Crippen LogP contribution in [-0.4, -0.2) is 41.3 Å². The van der Waals surface area contributed by atoms with Gasteiger partial charge in [-0.25, -0.2) is 4.39 Å². The van der Waals surface area contributed by atoms with E-state index in [2.05, 4.69) is 52.0 Å². The van der Waals surface area contributed by atoms with Gasteiger partial charge in [0, 0.05) is 37.4 Å². The first-order chi connectivity index (χ1) is 16.1. The summed E-state index contributed by atoms with van der Waals surface area (Å²) in [5.74, 6) is 0.764. The third kappa shape index (κ3) is 4.83. The molecule has 1 aliphatic rings. The minimum atomic E-state index is -0.257. The highest BCUT2D eigenvalue weighted by Gasteiger charge is 2.31. The number of aryl methyl sites for hydroxylation is 1. The monoisotopic (exact) mass is 478 g/mol. The highest BCUT2D eigenvalue weighted by Crippen LogP contribution is 2.32. The zero-order valence-electron chi connectivity index (χ0n) is 19.3. The SMILES string of the molecule is Cc1cccc(N2CCN(C(c3ccc(F)cc3)c3nnc(-c4ccccc4)o3)CC2)c1C.Cl. The van der Waals surface area contributed by atoms with Crippen molar-refractivity contribution in [3.8, 4) is 11.5 Å². The molecule has 1 aromatic heterocycles. The first kappa shape index (κ1) is 23.9. The van der Waals surface area contributed by atoms with E-state index < -0.39 is 0 Å². The molecule has 2 heterocycles. The molecule has 176 valence electrons. The van der Waals surface area contributed by atoms with Crippen LogP contribution in [-0.2, 0) is 0 Å². The Kier molecular flexibility index (Phi) is 7.29. The molecule has 0 spiro atoms. The van der Waals surface area contributed by atoms with E-state index in [1.54, 1.807) is 0 Å². The van der Waals surface area contributed by atoms with Gasteiger partial charge in [0.15, 0.2) is 0 Å². The van der Waals surface area contributed by atoms with Crippen molar-refractivity contribution >= 4 is 18.1 Å². The van der Waals surface area contributed by atoms with Gasteiger partial charge in [-0.3, -0.25) is 4.90 Å². The molecular formula is C27H28ClFN4O. The van der Waals surface area contributed by atoms with Crippen molar-refractivity contribution < 1.29 is 8.81 Å². The Morgan fingerprint density at radius 1 is 0.824 bits per heavy atom. The lowest BCUT2D eigenvalue weighted by Gasteiger charge is -2.39. The van der Waals surface area contributed by atoms with Gasteiger partial charge in [0.05, 0.1) is 0 Å². The number of nitrogens with zero attached hydrogens (tertiary/aromatic N) is 4. The van der Waals surface area contributed by atoms with E-state index in [1.807, 2.05) is 42.5 Å². The standard InChI is InChI=1S/C27H27FN4O.ClH/c1-19-7-6-10-24(20(19)2)31-15-17-32(18-16-31)25(21-11-13-23(28)14-12-21)27-30-29-26(33-27)22-8-4-3-5-9-22;/h3-14,25H,15-18H2,1-2H3;1H. The summed E-state index contributed by atoms with van der Waals surface area (Å²) in [5, 5.41) is 8.71. The fourth-order valence-electron chi connectivity index (χ4n) is 4.50. The van der Waals surface area contributed by atoms with E-state index in [1.165, 1.54) is 28.9 Å². The van der Waals surface area contributed by atoms with Crippen LogP contribution in [0.1, 0.15) is 28.6 Å². The first-order valence-electron chi connectivity index (χ1n) is 11.3. The van der Waals surface area contributed by atoms with Gasteiger partial charge in [-0.1, -0.05) is 42.5 Å². The Morgan fingerprint density at radius 2 is 1.53 bits per heavy atom. The average molecular weight is 479 g/mol. The highest BCUT2D eigenvalue weighted by atomic mass is 35.5. The fraction of sp³-hybridized carbons (Fsp3) is 0.259. The largest absolute Gasteiger partial charge is 0.419 e. The number of piperazine rings is 1. The summed E-state index contributed by atoms with van der Waals surface area (Å²) in [7, 11) is 0. The number of hydrogen-bond acceptors (Lipinski definition) is 5. The Labute approximate surface area is 205 Å². The first-order valence-corrected chi connectivity index (χ1v) is 11.3. The maximum Gasteiger partial charge on any atom is 0.247 e. The summed E-state index contributed by atoms with van der Waals surface area (Å²) in [4.78, 5) is 4.78. The molecule has 1 fully saturated rings. The Bertz CT molecular complexity index is 1220. The molecular weight excluding hydrogens is 451 g/mol. The van der Waals surface area contributed by atoms with Crippen LogP contribution in [0.4, 0.5) is 10.1 Å². The molecule has 5 rings (SSSR count). The summed E-state index contributed by atoms with van der Waals surface area (Å²) >= 11 is 0. The lowest BCUT2D eigenvalue weighted by Crippen LogP contribution is -2.48. The molecule has 0 bridgehead atoms. The summed E-state index contributed by atoms with van der Waals surface area (Å²) in [6, 6.07) is 22.6. The summed E-state index contributed by atoms with van der Waals surface area (Å²) in [6.07, 6.45) is 0. The molecule has 1 aliphatic heterocycles. The van der Waals surface area contributed by atoms with E-state index in [0.29, 0.717) is 11.8 Å². The van der Waals surface area contributed by atoms with Crippen LogP contribution in [0.3, 0.4) is 0 Å². The molecule has 0 radical (unpaired) electrons. The summed E-state index contributed by atoms with van der Waals surface area (Å²) in [5.41, 5.74) is 5.75. The average Bonchev–Trinajstić information content (AvgIpc) is 3.33. The minimum absolute atomic E-state index is 0. The molecule has 4 aromatic rings. The van der Waals surface area contributed by atoms with E-state index in [9.17, 15) is 4.39 Å². The quantitative estimate of drug-likeness (QED) is 0.361. The number of halogens is 2. The number of rotatable bonds is 5. The summed E-state index contributed by atoms with van der Waals surface area (Å²) < 4.78 is 19.8. The van der Waals surface area contributed by atoms with Crippen LogP contribution in [0.25, 0.3) is 11.5 Å².